The van der Waals surface area contributed by atoms with Gasteiger partial charge >= 0.3 is 0 Å². The van der Waals surface area contributed by atoms with Gasteiger partial charge in [0.05, 0.1) is 12.9 Å². The van der Waals surface area contributed by atoms with E-state index in [0.29, 0.717) is 25.9 Å². The Hall–Kier alpha value is -0.920. The summed E-state index contributed by atoms with van der Waals surface area (Å²) in [6, 6.07) is -0.633. The van der Waals surface area contributed by atoms with Crippen molar-refractivity contribution in [2.24, 2.45) is 0 Å². The summed E-state index contributed by atoms with van der Waals surface area (Å²) in [5, 5.41) is 8.92. The van der Waals surface area contributed by atoms with Gasteiger partial charge in [0.25, 0.3) is 0 Å². The molecule has 6 nitrogen and oxygen atoms in total. The predicted octanol–water partition coefficient (Wildman–Crippen LogP) is -0.583. The van der Waals surface area contributed by atoms with E-state index in [0.717, 1.165) is 6.26 Å². The van der Waals surface area contributed by atoms with Crippen molar-refractivity contribution in [2.75, 3.05) is 32.5 Å². The maximum absolute atomic E-state index is 12.2. The van der Waals surface area contributed by atoms with Gasteiger partial charge in [-0.25, -0.2) is 8.42 Å². The molecule has 1 fully saturated rings. The Labute approximate surface area is 108 Å². The third kappa shape index (κ3) is 3.54. The Morgan fingerprint density at radius 1 is 1.61 bits per heavy atom. The Morgan fingerprint density at radius 3 is 2.78 bits per heavy atom. The number of aliphatic hydroxyl groups is 1. The molecule has 7 heteroatoms. The number of carbonyl (C=O) groups excluding carboxylic acids is 1. The molecule has 1 rings (SSSR count). The van der Waals surface area contributed by atoms with Gasteiger partial charge in [-0.1, -0.05) is 6.08 Å². The number of nitrogens with zero attached hydrogens (tertiary/aromatic N) is 2. The van der Waals surface area contributed by atoms with E-state index >= 15 is 0 Å². The SMILES string of the molecule is C=CCN(CCO)C(=O)C1CCCN1S(C)(=O)=O. The molecule has 1 N–H and O–H groups in total. The average Bonchev–Trinajstić information content (AvgIpc) is 2.76. The van der Waals surface area contributed by atoms with E-state index in [9.17, 15) is 13.2 Å². The smallest absolute Gasteiger partial charge is 0.241 e. The zero-order valence-electron chi connectivity index (χ0n) is 10.6. The standard InChI is InChI=1S/C11H20N2O4S/c1-3-6-12(8-9-14)11(15)10-5-4-7-13(10)18(2,16)17/h3,10,14H,1,4-9H2,2H3. The minimum atomic E-state index is -3.36. The van der Waals surface area contributed by atoms with Crippen LogP contribution in [0.3, 0.4) is 0 Å². The molecule has 1 atom stereocenters. The van der Waals surface area contributed by atoms with Crippen LogP contribution < -0.4 is 0 Å². The van der Waals surface area contributed by atoms with Crippen LogP contribution in [0.2, 0.25) is 0 Å². The minimum absolute atomic E-state index is 0.148. The molecule has 1 saturated heterocycles. The summed E-state index contributed by atoms with van der Waals surface area (Å²) in [5.74, 6) is -0.258. The Balaban J connectivity index is 2.83. The van der Waals surface area contributed by atoms with Crippen molar-refractivity contribution in [3.63, 3.8) is 0 Å². The van der Waals surface area contributed by atoms with Crippen LogP contribution in [-0.2, 0) is 14.8 Å². The molecule has 1 aliphatic rings. The lowest BCUT2D eigenvalue weighted by Crippen LogP contribution is -2.48. The molecule has 0 bridgehead atoms. The van der Waals surface area contributed by atoms with Gasteiger partial charge in [-0.3, -0.25) is 4.79 Å². The second-order valence-corrected chi connectivity index (χ2v) is 6.26. The molecule has 1 heterocycles. The lowest BCUT2D eigenvalue weighted by Gasteiger charge is -2.28. The van der Waals surface area contributed by atoms with Crippen LogP contribution in [0.1, 0.15) is 12.8 Å². The van der Waals surface area contributed by atoms with Crippen molar-refractivity contribution in [1.82, 2.24) is 9.21 Å². The van der Waals surface area contributed by atoms with Crippen molar-refractivity contribution in [3.8, 4) is 0 Å². The fraction of sp³-hybridized carbons (Fsp3) is 0.727. The van der Waals surface area contributed by atoms with Crippen molar-refractivity contribution < 1.29 is 18.3 Å². The van der Waals surface area contributed by atoms with E-state index in [2.05, 4.69) is 6.58 Å². The van der Waals surface area contributed by atoms with Crippen molar-refractivity contribution >= 4 is 15.9 Å². The van der Waals surface area contributed by atoms with Crippen molar-refractivity contribution in [2.45, 2.75) is 18.9 Å². The summed E-state index contributed by atoms with van der Waals surface area (Å²) in [6.07, 6.45) is 3.89. The van der Waals surface area contributed by atoms with Gasteiger partial charge in [0.2, 0.25) is 15.9 Å². The highest BCUT2D eigenvalue weighted by Gasteiger charge is 2.38. The van der Waals surface area contributed by atoms with E-state index in [1.54, 1.807) is 6.08 Å². The zero-order chi connectivity index (χ0) is 13.8. The monoisotopic (exact) mass is 276 g/mol. The topological polar surface area (TPSA) is 77.9 Å². The predicted molar refractivity (Wildman–Crippen MR) is 68.4 cm³/mol. The molecule has 0 aromatic rings. The van der Waals surface area contributed by atoms with Crippen molar-refractivity contribution in [1.29, 1.82) is 0 Å². The summed E-state index contributed by atoms with van der Waals surface area (Å²) >= 11 is 0. The molecule has 0 aromatic heterocycles. The summed E-state index contributed by atoms with van der Waals surface area (Å²) in [7, 11) is -3.36. The maximum Gasteiger partial charge on any atom is 0.241 e. The molecular formula is C11H20N2O4S. The van der Waals surface area contributed by atoms with Crippen LogP contribution in [0.4, 0.5) is 0 Å². The fourth-order valence-corrected chi connectivity index (χ4v) is 3.28. The summed E-state index contributed by atoms with van der Waals surface area (Å²) < 4.78 is 24.4. The number of hydrogen-bond donors (Lipinski definition) is 1. The Morgan fingerprint density at radius 2 is 2.28 bits per heavy atom. The van der Waals surface area contributed by atoms with Gasteiger partial charge in [-0.15, -0.1) is 6.58 Å². The highest BCUT2D eigenvalue weighted by molar-refractivity contribution is 7.88. The zero-order valence-corrected chi connectivity index (χ0v) is 11.4. The van der Waals surface area contributed by atoms with Crippen LogP contribution >= 0.6 is 0 Å². The first-order chi connectivity index (χ1) is 8.41. The average molecular weight is 276 g/mol. The summed E-state index contributed by atoms with van der Waals surface area (Å²) in [6.45, 7) is 4.30. The normalized spacial score (nSPS) is 20.9. The number of rotatable bonds is 6. The van der Waals surface area contributed by atoms with E-state index in [4.69, 9.17) is 5.11 Å². The van der Waals surface area contributed by atoms with Crippen LogP contribution in [0.25, 0.3) is 0 Å². The molecule has 0 aromatic carbocycles. The van der Waals surface area contributed by atoms with Gasteiger partial charge in [-0.2, -0.15) is 4.31 Å². The fourth-order valence-electron chi connectivity index (χ4n) is 2.16. The molecule has 18 heavy (non-hydrogen) atoms. The van der Waals surface area contributed by atoms with Crippen LogP contribution in [0.15, 0.2) is 12.7 Å². The Kier molecular flexibility index (Phi) is 5.30. The third-order valence-corrected chi connectivity index (χ3v) is 4.23. The van der Waals surface area contributed by atoms with Gasteiger partial charge in [0, 0.05) is 19.6 Å². The lowest BCUT2D eigenvalue weighted by molar-refractivity contribution is -0.134. The van der Waals surface area contributed by atoms with Gasteiger partial charge < -0.3 is 10.0 Å². The van der Waals surface area contributed by atoms with Crippen LogP contribution in [-0.4, -0.2) is 67.2 Å². The number of amides is 1. The Bertz CT molecular complexity index is 407. The molecular weight excluding hydrogens is 256 g/mol. The molecule has 0 aliphatic carbocycles. The first-order valence-corrected chi connectivity index (χ1v) is 7.74. The number of hydrogen-bond acceptors (Lipinski definition) is 4. The van der Waals surface area contributed by atoms with E-state index in [1.165, 1.54) is 9.21 Å². The molecule has 1 unspecified atom stereocenters. The lowest BCUT2D eigenvalue weighted by atomic mass is 10.2. The minimum Gasteiger partial charge on any atom is -0.395 e. The quantitative estimate of drug-likeness (QED) is 0.658. The van der Waals surface area contributed by atoms with Gasteiger partial charge in [0.1, 0.15) is 6.04 Å². The second-order valence-electron chi connectivity index (χ2n) is 4.33. The molecule has 104 valence electrons. The van der Waals surface area contributed by atoms with Crippen molar-refractivity contribution in [3.05, 3.63) is 12.7 Å². The largest absolute Gasteiger partial charge is 0.395 e. The van der Waals surface area contributed by atoms with Gasteiger partial charge in [-0.05, 0) is 12.8 Å². The number of aliphatic hydroxyl groups excluding tert-OH is 1. The first-order valence-electron chi connectivity index (χ1n) is 5.89. The number of sulfonamides is 1. The van der Waals surface area contributed by atoms with E-state index in [-0.39, 0.29) is 19.1 Å². The highest BCUT2D eigenvalue weighted by atomic mass is 32.2. The first kappa shape index (κ1) is 15.1. The molecule has 0 saturated carbocycles. The highest BCUT2D eigenvalue weighted by Crippen LogP contribution is 2.22. The molecule has 1 aliphatic heterocycles. The summed E-state index contributed by atoms with van der Waals surface area (Å²) in [4.78, 5) is 13.7. The third-order valence-electron chi connectivity index (χ3n) is 2.95. The van der Waals surface area contributed by atoms with Gasteiger partial charge in [0.15, 0.2) is 0 Å². The maximum atomic E-state index is 12.2. The van der Waals surface area contributed by atoms with Crippen LogP contribution in [0, 0.1) is 0 Å². The molecule has 0 radical (unpaired) electrons. The second kappa shape index (κ2) is 6.31. The summed E-state index contributed by atoms with van der Waals surface area (Å²) in [5.41, 5.74) is 0. The van der Waals surface area contributed by atoms with Crippen LogP contribution in [0.5, 0.6) is 0 Å². The molecule has 0 spiro atoms. The number of carbonyl (C=O) groups is 1. The van der Waals surface area contributed by atoms with E-state index < -0.39 is 16.1 Å². The van der Waals surface area contributed by atoms with E-state index in [1.807, 2.05) is 0 Å². The molecule has 1 amide bonds.